The van der Waals surface area contributed by atoms with Gasteiger partial charge < -0.3 is 15.6 Å². The number of nitrogens with zero attached hydrogens (tertiary/aromatic N) is 1. The topological polar surface area (TPSA) is 75.8 Å². The van der Waals surface area contributed by atoms with Crippen LogP contribution in [0.2, 0.25) is 0 Å². The molecule has 0 aromatic carbocycles. The van der Waals surface area contributed by atoms with Crippen LogP contribution < -0.4 is 5.73 Å². The van der Waals surface area contributed by atoms with Gasteiger partial charge in [0.2, 0.25) is 0 Å². The number of carboxylic acid groups (broad SMARTS) is 1. The molecule has 3 unspecified atom stereocenters. The lowest BCUT2D eigenvalue weighted by Crippen LogP contribution is -2.52. The zero-order valence-corrected chi connectivity index (χ0v) is 12.5. The average molecular weight is 284 g/mol. The first-order valence-electron chi connectivity index (χ1n) is 7.88. The number of ether oxygens (including phenoxy) is 1. The minimum absolute atomic E-state index is 0.427. The zero-order chi connectivity index (χ0) is 14.6. The molecule has 2 fully saturated rings. The van der Waals surface area contributed by atoms with Crippen molar-refractivity contribution in [1.82, 2.24) is 4.90 Å². The highest BCUT2D eigenvalue weighted by molar-refractivity contribution is 5.77. The van der Waals surface area contributed by atoms with E-state index in [2.05, 4.69) is 4.90 Å². The van der Waals surface area contributed by atoms with E-state index in [9.17, 15) is 4.79 Å². The number of rotatable bonds is 6. The van der Waals surface area contributed by atoms with Crippen LogP contribution in [-0.2, 0) is 9.53 Å². The van der Waals surface area contributed by atoms with Gasteiger partial charge in [-0.3, -0.25) is 9.69 Å². The summed E-state index contributed by atoms with van der Waals surface area (Å²) in [5.74, 6) is -0.906. The van der Waals surface area contributed by atoms with Gasteiger partial charge in [0, 0.05) is 12.6 Å². The van der Waals surface area contributed by atoms with Gasteiger partial charge in [0.05, 0.1) is 12.7 Å². The molecular weight excluding hydrogens is 256 g/mol. The Hall–Kier alpha value is -0.650. The van der Waals surface area contributed by atoms with Crippen molar-refractivity contribution in [1.29, 1.82) is 0 Å². The van der Waals surface area contributed by atoms with E-state index in [0.717, 1.165) is 32.5 Å². The molecule has 1 aliphatic carbocycles. The van der Waals surface area contributed by atoms with Crippen LogP contribution in [0.5, 0.6) is 0 Å². The first-order valence-corrected chi connectivity index (χ1v) is 7.88. The molecule has 0 aromatic rings. The quantitative estimate of drug-likeness (QED) is 0.725. The summed E-state index contributed by atoms with van der Waals surface area (Å²) in [5, 5.41) is 8.99. The van der Waals surface area contributed by atoms with E-state index in [1.165, 1.54) is 25.7 Å². The summed E-state index contributed by atoms with van der Waals surface area (Å²) in [7, 11) is 0. The number of nitrogens with two attached hydrogens (primary N) is 1. The number of unbranched alkanes of at least 4 members (excludes halogenated alkanes) is 1. The third-order valence-corrected chi connectivity index (χ3v) is 4.73. The van der Waals surface area contributed by atoms with Crippen molar-refractivity contribution < 1.29 is 14.6 Å². The number of hydrogen-bond donors (Lipinski definition) is 2. The number of fused-ring (bicyclic) bond motifs is 1. The molecule has 0 amide bonds. The van der Waals surface area contributed by atoms with Gasteiger partial charge in [-0.15, -0.1) is 0 Å². The lowest BCUT2D eigenvalue weighted by molar-refractivity contribution is -0.142. The Morgan fingerprint density at radius 3 is 2.90 bits per heavy atom. The summed E-state index contributed by atoms with van der Waals surface area (Å²) in [6.07, 6.45) is 7.89. The second-order valence-electron chi connectivity index (χ2n) is 6.48. The molecule has 116 valence electrons. The predicted octanol–water partition coefficient (Wildman–Crippen LogP) is 1.60. The molecule has 1 saturated carbocycles. The Labute approximate surface area is 121 Å². The van der Waals surface area contributed by atoms with Gasteiger partial charge >= 0.3 is 5.97 Å². The summed E-state index contributed by atoms with van der Waals surface area (Å²) in [6.45, 7) is 4.49. The molecule has 2 rings (SSSR count). The highest BCUT2D eigenvalue weighted by Crippen LogP contribution is 2.28. The molecule has 2 aliphatic rings. The summed E-state index contributed by atoms with van der Waals surface area (Å²) in [5.41, 5.74) is 4.67. The van der Waals surface area contributed by atoms with Crippen molar-refractivity contribution in [3.63, 3.8) is 0 Å². The number of carbonyl (C=O) groups is 1. The fourth-order valence-corrected chi connectivity index (χ4v) is 3.37. The smallest absolute Gasteiger partial charge is 0.323 e. The number of hydrogen-bond acceptors (Lipinski definition) is 4. The second kappa shape index (κ2) is 6.87. The van der Waals surface area contributed by atoms with E-state index in [1.807, 2.05) is 0 Å². The largest absolute Gasteiger partial charge is 0.480 e. The number of carboxylic acids is 1. The van der Waals surface area contributed by atoms with Crippen LogP contribution in [0.3, 0.4) is 0 Å². The molecule has 20 heavy (non-hydrogen) atoms. The van der Waals surface area contributed by atoms with Crippen molar-refractivity contribution in [3.8, 4) is 0 Å². The molecule has 1 aliphatic heterocycles. The normalized spacial score (nSPS) is 30.5. The Kier molecular flexibility index (Phi) is 5.41. The summed E-state index contributed by atoms with van der Waals surface area (Å²) in [6, 6.07) is 0.584. The van der Waals surface area contributed by atoms with E-state index in [1.54, 1.807) is 6.92 Å². The Bertz CT molecular complexity index is 331. The van der Waals surface area contributed by atoms with E-state index in [4.69, 9.17) is 15.6 Å². The van der Waals surface area contributed by atoms with Crippen LogP contribution in [0.25, 0.3) is 0 Å². The molecule has 0 spiro atoms. The van der Waals surface area contributed by atoms with E-state index >= 15 is 0 Å². The van der Waals surface area contributed by atoms with Crippen LogP contribution >= 0.6 is 0 Å². The first kappa shape index (κ1) is 15.7. The summed E-state index contributed by atoms with van der Waals surface area (Å²) >= 11 is 0. The fraction of sp³-hybridized carbons (Fsp3) is 0.933. The van der Waals surface area contributed by atoms with Gasteiger partial charge in [-0.05, 0) is 45.6 Å². The molecule has 3 atom stereocenters. The zero-order valence-electron chi connectivity index (χ0n) is 12.5. The van der Waals surface area contributed by atoms with Crippen molar-refractivity contribution in [2.75, 3.05) is 19.7 Å². The van der Waals surface area contributed by atoms with Crippen LogP contribution in [-0.4, -0.2) is 53.4 Å². The van der Waals surface area contributed by atoms with Crippen LogP contribution in [0, 0.1) is 0 Å². The van der Waals surface area contributed by atoms with Gasteiger partial charge in [0.15, 0.2) is 0 Å². The average Bonchev–Trinajstić information content (AvgIpc) is 2.43. The number of aliphatic carboxylic acids is 1. The maximum absolute atomic E-state index is 11.0. The lowest BCUT2D eigenvalue weighted by atomic mass is 9.89. The molecule has 1 heterocycles. The van der Waals surface area contributed by atoms with Gasteiger partial charge in [0.25, 0.3) is 0 Å². The Morgan fingerprint density at radius 2 is 2.15 bits per heavy atom. The number of morpholine rings is 1. The second-order valence-corrected chi connectivity index (χ2v) is 6.48. The van der Waals surface area contributed by atoms with Crippen LogP contribution in [0.15, 0.2) is 0 Å². The highest BCUT2D eigenvalue weighted by atomic mass is 16.5. The predicted molar refractivity (Wildman–Crippen MR) is 77.6 cm³/mol. The molecule has 0 radical (unpaired) electrons. The minimum atomic E-state index is -1.08. The van der Waals surface area contributed by atoms with Crippen molar-refractivity contribution >= 4 is 5.97 Å². The maximum atomic E-state index is 11.0. The van der Waals surface area contributed by atoms with E-state index in [-0.39, 0.29) is 0 Å². The van der Waals surface area contributed by atoms with Crippen molar-refractivity contribution in [2.24, 2.45) is 5.73 Å². The van der Waals surface area contributed by atoms with Gasteiger partial charge in [-0.2, -0.15) is 0 Å². The van der Waals surface area contributed by atoms with Crippen LogP contribution in [0.1, 0.15) is 51.9 Å². The molecular formula is C15H28N2O3. The Morgan fingerprint density at radius 1 is 1.40 bits per heavy atom. The standard InChI is InChI=1S/C15H28N2O3/c1-15(16,14(18)19)8-4-5-9-17-10-11-20-13-7-3-2-6-12(13)17/h12-13H,2-11,16H2,1H3,(H,18,19). The van der Waals surface area contributed by atoms with Crippen molar-refractivity contribution in [2.45, 2.75) is 69.6 Å². The highest BCUT2D eigenvalue weighted by Gasteiger charge is 2.34. The molecule has 0 bridgehead atoms. The minimum Gasteiger partial charge on any atom is -0.480 e. The monoisotopic (exact) mass is 284 g/mol. The third kappa shape index (κ3) is 3.93. The van der Waals surface area contributed by atoms with Gasteiger partial charge in [0.1, 0.15) is 5.54 Å². The summed E-state index contributed by atoms with van der Waals surface area (Å²) < 4.78 is 5.86. The Balaban J connectivity index is 1.72. The van der Waals surface area contributed by atoms with Gasteiger partial charge in [-0.1, -0.05) is 12.8 Å². The van der Waals surface area contributed by atoms with Crippen LogP contribution in [0.4, 0.5) is 0 Å². The van der Waals surface area contributed by atoms with E-state index < -0.39 is 11.5 Å². The summed E-state index contributed by atoms with van der Waals surface area (Å²) in [4.78, 5) is 13.5. The first-order chi connectivity index (χ1) is 9.50. The molecule has 3 N–H and O–H groups in total. The molecule has 0 aromatic heterocycles. The molecule has 5 nitrogen and oxygen atoms in total. The van der Waals surface area contributed by atoms with Crippen molar-refractivity contribution in [3.05, 3.63) is 0 Å². The molecule has 1 saturated heterocycles. The SMILES string of the molecule is CC(N)(CCCCN1CCOC2CCCCC21)C(=O)O. The van der Waals surface area contributed by atoms with E-state index in [0.29, 0.717) is 18.6 Å². The van der Waals surface area contributed by atoms with Gasteiger partial charge in [-0.25, -0.2) is 0 Å². The maximum Gasteiger partial charge on any atom is 0.323 e. The lowest BCUT2D eigenvalue weighted by Gasteiger charge is -2.44. The third-order valence-electron chi connectivity index (χ3n) is 4.73. The fourth-order valence-electron chi connectivity index (χ4n) is 3.37. The molecule has 5 heteroatoms.